The molecule has 0 radical (unpaired) electrons. The van der Waals surface area contributed by atoms with Crippen molar-refractivity contribution in [3.05, 3.63) is 54.6 Å². The summed E-state index contributed by atoms with van der Waals surface area (Å²) in [5, 5.41) is 7.92. The quantitative estimate of drug-likeness (QED) is 0.438. The summed E-state index contributed by atoms with van der Waals surface area (Å²) < 4.78 is 0. The zero-order valence-corrected chi connectivity index (χ0v) is 9.40. The van der Waals surface area contributed by atoms with Crippen LogP contribution in [0.25, 0.3) is 32.3 Å². The van der Waals surface area contributed by atoms with Gasteiger partial charge in [0.15, 0.2) is 0 Å². The van der Waals surface area contributed by atoms with Gasteiger partial charge in [0.1, 0.15) is 5.69 Å². The molecule has 0 atom stereocenters. The molecule has 1 nitrogen and oxygen atoms in total. The van der Waals surface area contributed by atoms with Crippen LogP contribution in [-0.2, 0) is 0 Å². The molecular formula is C16H12N+. The van der Waals surface area contributed by atoms with E-state index in [-0.39, 0.29) is 0 Å². The van der Waals surface area contributed by atoms with Crippen LogP contribution in [0.5, 0.6) is 0 Å². The monoisotopic (exact) mass is 218 g/mol. The largest absolute Gasteiger partial charge is 0.325 e. The van der Waals surface area contributed by atoms with Crippen LogP contribution in [0.2, 0.25) is 0 Å². The molecular weight excluding hydrogens is 206 g/mol. The van der Waals surface area contributed by atoms with E-state index in [1.54, 1.807) is 0 Å². The van der Waals surface area contributed by atoms with E-state index >= 15 is 0 Å². The first-order valence-electron chi connectivity index (χ1n) is 5.83. The highest BCUT2D eigenvalue weighted by atomic mass is 14.5. The molecule has 0 bridgehead atoms. The van der Waals surface area contributed by atoms with Crippen LogP contribution in [0.3, 0.4) is 0 Å². The first-order chi connectivity index (χ1) is 8.34. The minimum atomic E-state index is 1.11. The van der Waals surface area contributed by atoms with Crippen LogP contribution in [0, 0.1) is 0 Å². The van der Waals surface area contributed by atoms with Gasteiger partial charge in [-0.05, 0) is 33.7 Å². The summed E-state index contributed by atoms with van der Waals surface area (Å²) in [6, 6.07) is 19.5. The highest BCUT2D eigenvalue weighted by Crippen LogP contribution is 2.35. The molecule has 0 unspecified atom stereocenters. The lowest BCUT2D eigenvalue weighted by Gasteiger charge is -2.10. The summed E-state index contributed by atoms with van der Waals surface area (Å²) in [5.41, 5.74) is 5.23. The van der Waals surface area contributed by atoms with E-state index < -0.39 is 0 Å². The first-order valence-corrected chi connectivity index (χ1v) is 5.83. The summed E-state index contributed by atoms with van der Waals surface area (Å²) in [4.78, 5) is 0. The van der Waals surface area contributed by atoms with Crippen molar-refractivity contribution in [3.63, 3.8) is 0 Å². The Morgan fingerprint density at radius 3 is 1.94 bits per heavy atom. The van der Waals surface area contributed by atoms with Gasteiger partial charge in [-0.2, -0.15) is 0 Å². The molecule has 4 aromatic carbocycles. The summed E-state index contributed by atoms with van der Waals surface area (Å²) in [5.74, 6) is 0. The lowest BCUT2D eigenvalue weighted by molar-refractivity contribution is -0.252. The number of quaternary nitrogens is 1. The average molecular weight is 218 g/mol. The van der Waals surface area contributed by atoms with Crippen molar-refractivity contribution >= 4 is 38.0 Å². The molecule has 0 saturated heterocycles. The molecule has 3 N–H and O–H groups in total. The molecule has 0 heterocycles. The fourth-order valence-electron chi connectivity index (χ4n) is 2.80. The molecule has 0 amide bonds. The van der Waals surface area contributed by atoms with Gasteiger partial charge in [0, 0.05) is 16.8 Å². The molecule has 80 valence electrons. The van der Waals surface area contributed by atoms with E-state index in [0.717, 1.165) is 5.69 Å². The lowest BCUT2D eigenvalue weighted by atomic mass is 9.94. The van der Waals surface area contributed by atoms with Crippen molar-refractivity contribution in [3.8, 4) is 0 Å². The van der Waals surface area contributed by atoms with Gasteiger partial charge in [-0.1, -0.05) is 36.4 Å². The second-order valence-electron chi connectivity index (χ2n) is 4.58. The van der Waals surface area contributed by atoms with Gasteiger partial charge >= 0.3 is 0 Å². The molecule has 0 aliphatic carbocycles. The predicted octanol–water partition coefficient (Wildman–Crippen LogP) is 3.46. The van der Waals surface area contributed by atoms with Gasteiger partial charge in [-0.25, -0.2) is 0 Å². The van der Waals surface area contributed by atoms with Gasteiger partial charge < -0.3 is 5.73 Å². The molecule has 4 rings (SSSR count). The summed E-state index contributed by atoms with van der Waals surface area (Å²) in [6.07, 6.45) is 0. The molecule has 0 aliphatic rings. The van der Waals surface area contributed by atoms with Crippen molar-refractivity contribution in [2.75, 3.05) is 0 Å². The lowest BCUT2D eigenvalue weighted by Crippen LogP contribution is -2.40. The Labute approximate surface area is 98.8 Å². The van der Waals surface area contributed by atoms with Gasteiger partial charge in [-0.15, -0.1) is 0 Å². The van der Waals surface area contributed by atoms with Crippen molar-refractivity contribution in [2.24, 2.45) is 0 Å². The third kappa shape index (κ3) is 1.07. The van der Waals surface area contributed by atoms with Gasteiger partial charge in [0.05, 0.1) is 0 Å². The third-order valence-electron chi connectivity index (χ3n) is 3.62. The highest BCUT2D eigenvalue weighted by molar-refractivity contribution is 6.24. The van der Waals surface area contributed by atoms with Crippen LogP contribution in [-0.4, -0.2) is 0 Å². The fraction of sp³-hybridized carbons (Fsp3) is 0. The number of hydrogen-bond acceptors (Lipinski definition) is 0. The molecule has 0 aromatic heterocycles. The van der Waals surface area contributed by atoms with Crippen molar-refractivity contribution in [1.82, 2.24) is 0 Å². The third-order valence-corrected chi connectivity index (χ3v) is 3.62. The molecule has 0 spiro atoms. The van der Waals surface area contributed by atoms with Gasteiger partial charge in [0.2, 0.25) is 0 Å². The number of benzene rings is 4. The summed E-state index contributed by atoms with van der Waals surface area (Å²) >= 11 is 0. The number of hydrogen-bond donors (Lipinski definition) is 1. The second kappa shape index (κ2) is 2.96. The Balaban J connectivity index is 2.48. The number of rotatable bonds is 0. The topological polar surface area (TPSA) is 27.6 Å². The van der Waals surface area contributed by atoms with E-state index in [1.807, 2.05) is 0 Å². The summed E-state index contributed by atoms with van der Waals surface area (Å²) in [7, 11) is 0. The molecule has 0 fully saturated rings. The summed E-state index contributed by atoms with van der Waals surface area (Å²) in [6.45, 7) is 0. The van der Waals surface area contributed by atoms with E-state index in [4.69, 9.17) is 0 Å². The Morgan fingerprint density at radius 1 is 0.588 bits per heavy atom. The second-order valence-corrected chi connectivity index (χ2v) is 4.58. The zero-order valence-electron chi connectivity index (χ0n) is 9.40. The Morgan fingerprint density at radius 2 is 1.18 bits per heavy atom. The van der Waals surface area contributed by atoms with Crippen LogP contribution in [0.1, 0.15) is 0 Å². The van der Waals surface area contributed by atoms with Crippen molar-refractivity contribution in [2.45, 2.75) is 0 Å². The maximum Gasteiger partial charge on any atom is 0.135 e. The maximum absolute atomic E-state index is 4.13. The van der Waals surface area contributed by atoms with Crippen LogP contribution in [0.15, 0.2) is 54.6 Å². The SMILES string of the molecule is [NH3+]c1ccc2ccc3cccc4ccc1c2c34. The van der Waals surface area contributed by atoms with Gasteiger partial charge in [-0.3, -0.25) is 0 Å². The minimum Gasteiger partial charge on any atom is -0.325 e. The maximum atomic E-state index is 4.13. The Kier molecular flexibility index (Phi) is 1.56. The van der Waals surface area contributed by atoms with Crippen LogP contribution in [0.4, 0.5) is 5.69 Å². The minimum absolute atomic E-state index is 1.11. The van der Waals surface area contributed by atoms with Gasteiger partial charge in [0.25, 0.3) is 0 Å². The Bertz CT molecular complexity index is 830. The average Bonchev–Trinajstić information content (AvgIpc) is 2.38. The first kappa shape index (κ1) is 8.97. The fourth-order valence-corrected chi connectivity index (χ4v) is 2.80. The molecule has 1 heteroatoms. The van der Waals surface area contributed by atoms with Crippen molar-refractivity contribution < 1.29 is 5.73 Å². The molecule has 0 aliphatic heterocycles. The smallest absolute Gasteiger partial charge is 0.135 e. The molecule has 4 aromatic rings. The van der Waals surface area contributed by atoms with E-state index in [0.29, 0.717) is 0 Å². The van der Waals surface area contributed by atoms with E-state index in [2.05, 4.69) is 60.3 Å². The van der Waals surface area contributed by atoms with E-state index in [1.165, 1.54) is 32.3 Å². The van der Waals surface area contributed by atoms with Crippen LogP contribution >= 0.6 is 0 Å². The predicted molar refractivity (Wildman–Crippen MR) is 72.7 cm³/mol. The molecule has 17 heavy (non-hydrogen) atoms. The standard InChI is InChI=1S/C16H11N/c17-14-9-7-12-5-4-10-2-1-3-11-6-8-13(14)16(12)15(10)11/h1-9H,17H2/p+1. The van der Waals surface area contributed by atoms with Crippen molar-refractivity contribution in [1.29, 1.82) is 0 Å². The molecule has 0 saturated carbocycles. The zero-order chi connectivity index (χ0) is 11.4. The van der Waals surface area contributed by atoms with E-state index in [9.17, 15) is 0 Å². The van der Waals surface area contributed by atoms with Crippen LogP contribution < -0.4 is 5.73 Å². The highest BCUT2D eigenvalue weighted by Gasteiger charge is 2.09. The normalized spacial score (nSPS) is 11.8. The Hall–Kier alpha value is -2.12.